The van der Waals surface area contributed by atoms with Crippen LogP contribution >= 0.6 is 11.6 Å². The Morgan fingerprint density at radius 3 is 2.78 bits per heavy atom. The Labute approximate surface area is 110 Å². The highest BCUT2D eigenvalue weighted by atomic mass is 35.5. The molecule has 0 unspecified atom stereocenters. The van der Waals surface area contributed by atoms with E-state index in [1.807, 2.05) is 0 Å². The molecule has 0 aliphatic carbocycles. The van der Waals surface area contributed by atoms with Crippen LogP contribution in [0.1, 0.15) is 13.8 Å². The van der Waals surface area contributed by atoms with Crippen molar-refractivity contribution in [2.24, 2.45) is 5.73 Å². The summed E-state index contributed by atoms with van der Waals surface area (Å²) in [5, 5.41) is 2.58. The van der Waals surface area contributed by atoms with Gasteiger partial charge < -0.3 is 15.8 Å². The standard InChI is InChI=1S/C12H16ClFN2O2/c1-12(2,15)7-16-11(17)6-18-8-3-4-10(14)9(13)5-8/h3-5H,6-7,15H2,1-2H3,(H,16,17). The lowest BCUT2D eigenvalue weighted by Gasteiger charge is -2.18. The van der Waals surface area contributed by atoms with Gasteiger partial charge in [0.15, 0.2) is 6.61 Å². The number of hydrogen-bond acceptors (Lipinski definition) is 3. The molecule has 1 aromatic carbocycles. The van der Waals surface area contributed by atoms with Crippen LogP contribution in [0.3, 0.4) is 0 Å². The number of nitrogens with two attached hydrogens (primary N) is 1. The normalized spacial score (nSPS) is 11.2. The van der Waals surface area contributed by atoms with Gasteiger partial charge in [-0.3, -0.25) is 4.79 Å². The van der Waals surface area contributed by atoms with E-state index in [1.54, 1.807) is 13.8 Å². The van der Waals surface area contributed by atoms with Crippen LogP contribution in [0.15, 0.2) is 18.2 Å². The third kappa shape index (κ3) is 5.33. The smallest absolute Gasteiger partial charge is 0.258 e. The fraction of sp³-hybridized carbons (Fsp3) is 0.417. The summed E-state index contributed by atoms with van der Waals surface area (Å²) in [6.45, 7) is 3.78. The predicted octanol–water partition coefficient (Wildman–Crippen LogP) is 1.71. The Morgan fingerprint density at radius 1 is 1.56 bits per heavy atom. The number of rotatable bonds is 5. The van der Waals surface area contributed by atoms with Crippen molar-refractivity contribution in [3.63, 3.8) is 0 Å². The van der Waals surface area contributed by atoms with Crippen LogP contribution in [0.25, 0.3) is 0 Å². The molecule has 0 spiro atoms. The zero-order valence-electron chi connectivity index (χ0n) is 10.3. The number of ether oxygens (including phenoxy) is 1. The van der Waals surface area contributed by atoms with Crippen LogP contribution in [-0.4, -0.2) is 24.6 Å². The minimum atomic E-state index is -0.529. The summed E-state index contributed by atoms with van der Waals surface area (Å²) in [5.41, 5.74) is 5.24. The Hall–Kier alpha value is -1.33. The van der Waals surface area contributed by atoms with Gasteiger partial charge in [0.25, 0.3) is 5.91 Å². The van der Waals surface area contributed by atoms with Crippen molar-refractivity contribution < 1.29 is 13.9 Å². The number of nitrogens with one attached hydrogen (secondary N) is 1. The zero-order chi connectivity index (χ0) is 13.8. The number of benzene rings is 1. The van der Waals surface area contributed by atoms with Gasteiger partial charge >= 0.3 is 0 Å². The van der Waals surface area contributed by atoms with E-state index in [0.29, 0.717) is 12.3 Å². The molecule has 100 valence electrons. The summed E-state index contributed by atoms with van der Waals surface area (Å²) in [5.74, 6) is -0.490. The van der Waals surface area contributed by atoms with Crippen LogP contribution in [0.4, 0.5) is 4.39 Å². The third-order valence-corrected chi connectivity index (χ3v) is 2.29. The molecule has 0 saturated heterocycles. The second kappa shape index (κ2) is 6.02. The quantitative estimate of drug-likeness (QED) is 0.859. The number of hydrogen-bond donors (Lipinski definition) is 2. The molecule has 4 nitrogen and oxygen atoms in total. The molecule has 1 amide bonds. The van der Waals surface area contributed by atoms with E-state index in [2.05, 4.69) is 5.32 Å². The first-order chi connectivity index (χ1) is 8.28. The maximum absolute atomic E-state index is 12.9. The molecule has 3 N–H and O–H groups in total. The van der Waals surface area contributed by atoms with Crippen molar-refractivity contribution in [2.45, 2.75) is 19.4 Å². The Bertz CT molecular complexity index is 433. The van der Waals surface area contributed by atoms with Crippen molar-refractivity contribution in [3.05, 3.63) is 29.0 Å². The van der Waals surface area contributed by atoms with Gasteiger partial charge in [0, 0.05) is 18.2 Å². The van der Waals surface area contributed by atoms with Crippen molar-refractivity contribution >= 4 is 17.5 Å². The van der Waals surface area contributed by atoms with Crippen molar-refractivity contribution in [2.75, 3.05) is 13.2 Å². The predicted molar refractivity (Wildman–Crippen MR) is 68.2 cm³/mol. The molecule has 6 heteroatoms. The molecule has 18 heavy (non-hydrogen) atoms. The first-order valence-electron chi connectivity index (χ1n) is 5.41. The third-order valence-electron chi connectivity index (χ3n) is 2.00. The van der Waals surface area contributed by atoms with E-state index in [-0.39, 0.29) is 17.5 Å². The number of carbonyl (C=O) groups is 1. The van der Waals surface area contributed by atoms with Crippen LogP contribution in [0.5, 0.6) is 5.75 Å². The zero-order valence-corrected chi connectivity index (χ0v) is 11.1. The summed E-state index contributed by atoms with van der Waals surface area (Å²) in [6, 6.07) is 3.90. The molecule has 0 aliphatic rings. The van der Waals surface area contributed by atoms with Gasteiger partial charge in [-0.25, -0.2) is 4.39 Å². The molecule has 0 atom stereocenters. The van der Waals surface area contributed by atoms with Gasteiger partial charge in [0.2, 0.25) is 0 Å². The maximum atomic E-state index is 12.9. The minimum absolute atomic E-state index is 0.0454. The molecule has 0 heterocycles. The fourth-order valence-electron chi connectivity index (χ4n) is 1.09. The Balaban J connectivity index is 2.40. The molecule has 0 saturated carbocycles. The van der Waals surface area contributed by atoms with Gasteiger partial charge in [-0.2, -0.15) is 0 Å². The second-order valence-corrected chi connectivity index (χ2v) is 5.04. The topological polar surface area (TPSA) is 64.3 Å². The van der Waals surface area contributed by atoms with Crippen molar-refractivity contribution in [1.82, 2.24) is 5.32 Å². The van der Waals surface area contributed by atoms with E-state index in [0.717, 1.165) is 0 Å². The van der Waals surface area contributed by atoms with Crippen LogP contribution in [0.2, 0.25) is 5.02 Å². The summed E-state index contributed by atoms with van der Waals surface area (Å²) in [4.78, 5) is 11.4. The Morgan fingerprint density at radius 2 is 2.22 bits per heavy atom. The SMILES string of the molecule is CC(C)(N)CNC(=O)COc1ccc(F)c(Cl)c1. The van der Waals surface area contributed by atoms with E-state index in [4.69, 9.17) is 22.1 Å². The molecule has 0 fully saturated rings. The first-order valence-corrected chi connectivity index (χ1v) is 5.79. The van der Waals surface area contributed by atoms with Crippen LogP contribution in [0, 0.1) is 5.82 Å². The van der Waals surface area contributed by atoms with E-state index >= 15 is 0 Å². The monoisotopic (exact) mass is 274 g/mol. The average Bonchev–Trinajstić information content (AvgIpc) is 2.27. The molecular weight excluding hydrogens is 259 g/mol. The van der Waals surface area contributed by atoms with Gasteiger partial charge in [0.1, 0.15) is 11.6 Å². The summed E-state index contributed by atoms with van der Waals surface area (Å²) in [7, 11) is 0. The molecule has 1 rings (SSSR count). The Kier molecular flexibility index (Phi) is 4.93. The largest absolute Gasteiger partial charge is 0.484 e. The highest BCUT2D eigenvalue weighted by Crippen LogP contribution is 2.20. The minimum Gasteiger partial charge on any atom is -0.484 e. The van der Waals surface area contributed by atoms with E-state index in [9.17, 15) is 9.18 Å². The van der Waals surface area contributed by atoms with Gasteiger partial charge in [-0.05, 0) is 26.0 Å². The number of carbonyl (C=O) groups excluding carboxylic acids is 1. The summed E-state index contributed by atoms with van der Waals surface area (Å²) >= 11 is 5.58. The highest BCUT2D eigenvalue weighted by Gasteiger charge is 2.12. The van der Waals surface area contributed by atoms with Gasteiger partial charge in [-0.1, -0.05) is 11.6 Å². The molecule has 0 aromatic heterocycles. The van der Waals surface area contributed by atoms with Gasteiger partial charge in [0.05, 0.1) is 5.02 Å². The fourth-order valence-corrected chi connectivity index (χ4v) is 1.26. The summed E-state index contributed by atoms with van der Waals surface area (Å²) < 4.78 is 18.0. The molecule has 0 radical (unpaired) electrons. The molecule has 1 aromatic rings. The van der Waals surface area contributed by atoms with Crippen LogP contribution in [-0.2, 0) is 4.79 Å². The molecule has 0 bridgehead atoms. The van der Waals surface area contributed by atoms with Crippen molar-refractivity contribution in [3.8, 4) is 5.75 Å². The number of amides is 1. The lowest BCUT2D eigenvalue weighted by atomic mass is 10.1. The second-order valence-electron chi connectivity index (χ2n) is 4.63. The molecule has 0 aliphatic heterocycles. The van der Waals surface area contributed by atoms with E-state index in [1.165, 1.54) is 18.2 Å². The van der Waals surface area contributed by atoms with Crippen molar-refractivity contribution in [1.29, 1.82) is 0 Å². The van der Waals surface area contributed by atoms with E-state index < -0.39 is 11.4 Å². The first kappa shape index (κ1) is 14.7. The van der Waals surface area contributed by atoms with Crippen LogP contribution < -0.4 is 15.8 Å². The number of halogens is 2. The lowest BCUT2D eigenvalue weighted by molar-refractivity contribution is -0.123. The van der Waals surface area contributed by atoms with Gasteiger partial charge in [-0.15, -0.1) is 0 Å². The average molecular weight is 275 g/mol. The lowest BCUT2D eigenvalue weighted by Crippen LogP contribution is -2.46. The molecular formula is C12H16ClFN2O2. The summed E-state index contributed by atoms with van der Waals surface area (Å²) in [6.07, 6.45) is 0. The maximum Gasteiger partial charge on any atom is 0.258 e. The highest BCUT2D eigenvalue weighted by molar-refractivity contribution is 6.30.